The van der Waals surface area contributed by atoms with Crippen molar-refractivity contribution in [2.24, 2.45) is 5.41 Å². The summed E-state index contributed by atoms with van der Waals surface area (Å²) in [5.41, 5.74) is 0.0951. The second-order valence-corrected chi connectivity index (χ2v) is 5.49. The first-order valence-corrected chi connectivity index (χ1v) is 6.70. The number of carbonyl (C=O) groups is 1. The van der Waals surface area contributed by atoms with Crippen LogP contribution in [0.25, 0.3) is 0 Å². The Labute approximate surface area is 120 Å². The molecule has 1 aromatic carbocycles. The van der Waals surface area contributed by atoms with Crippen molar-refractivity contribution in [3.8, 4) is 5.75 Å². The lowest BCUT2D eigenvalue weighted by atomic mass is 9.86. The van der Waals surface area contributed by atoms with Crippen LogP contribution in [0.15, 0.2) is 22.7 Å². The van der Waals surface area contributed by atoms with Crippen molar-refractivity contribution in [2.75, 3.05) is 26.9 Å². The first-order valence-electron chi connectivity index (χ1n) is 5.90. The lowest BCUT2D eigenvalue weighted by Crippen LogP contribution is -2.56. The van der Waals surface area contributed by atoms with Crippen molar-refractivity contribution in [3.05, 3.63) is 28.2 Å². The number of carbonyl (C=O) groups excluding carboxylic acids is 1. The molecule has 6 heteroatoms. The van der Waals surface area contributed by atoms with E-state index in [9.17, 15) is 9.90 Å². The molecule has 0 unspecified atom stereocenters. The maximum Gasteiger partial charge on any atom is 0.233 e. The average molecular weight is 330 g/mol. The van der Waals surface area contributed by atoms with Crippen LogP contribution in [0, 0.1) is 5.41 Å². The highest BCUT2D eigenvalue weighted by Crippen LogP contribution is 2.28. The summed E-state index contributed by atoms with van der Waals surface area (Å²) in [7, 11) is 1.59. The van der Waals surface area contributed by atoms with Gasteiger partial charge in [-0.1, -0.05) is 15.9 Å². The monoisotopic (exact) mass is 329 g/mol. The lowest BCUT2D eigenvalue weighted by Gasteiger charge is -2.38. The highest BCUT2D eigenvalue weighted by atomic mass is 79.9. The summed E-state index contributed by atoms with van der Waals surface area (Å²) in [6, 6.07) is 5.60. The van der Waals surface area contributed by atoms with Gasteiger partial charge in [-0.05, 0) is 18.2 Å². The number of hydrogen-bond donors (Lipinski definition) is 2. The number of nitrogens with one attached hydrogen (secondary N) is 1. The van der Waals surface area contributed by atoms with Gasteiger partial charge in [-0.3, -0.25) is 4.79 Å². The Morgan fingerprint density at radius 2 is 2.32 bits per heavy atom. The van der Waals surface area contributed by atoms with E-state index in [2.05, 4.69) is 21.2 Å². The average Bonchev–Trinajstić information content (AvgIpc) is 2.36. The SMILES string of the molecule is COc1ccc(Br)cc1CNC(=O)C1(CO)COC1. The second-order valence-electron chi connectivity index (χ2n) is 4.57. The Hall–Kier alpha value is -1.11. The number of ether oxygens (including phenoxy) is 2. The molecule has 2 rings (SSSR count). The first kappa shape index (κ1) is 14.3. The summed E-state index contributed by atoms with van der Waals surface area (Å²) >= 11 is 3.38. The number of rotatable bonds is 5. The molecular formula is C13H16BrNO4. The van der Waals surface area contributed by atoms with Crippen LogP contribution < -0.4 is 10.1 Å². The fraction of sp³-hybridized carbons (Fsp3) is 0.462. The van der Waals surface area contributed by atoms with Crippen LogP contribution in [0.5, 0.6) is 5.75 Å². The van der Waals surface area contributed by atoms with Crippen molar-refractivity contribution >= 4 is 21.8 Å². The first-order chi connectivity index (χ1) is 9.11. The normalized spacial score (nSPS) is 16.6. The van der Waals surface area contributed by atoms with Crippen LogP contribution >= 0.6 is 15.9 Å². The molecule has 0 radical (unpaired) electrons. The molecule has 1 heterocycles. The molecule has 0 bridgehead atoms. The topological polar surface area (TPSA) is 67.8 Å². The van der Waals surface area contributed by atoms with Gasteiger partial charge in [-0.15, -0.1) is 0 Å². The van der Waals surface area contributed by atoms with E-state index in [4.69, 9.17) is 9.47 Å². The highest BCUT2D eigenvalue weighted by molar-refractivity contribution is 9.10. The fourth-order valence-electron chi connectivity index (χ4n) is 1.89. The van der Waals surface area contributed by atoms with E-state index in [0.717, 1.165) is 10.0 Å². The zero-order chi connectivity index (χ0) is 13.9. The summed E-state index contributed by atoms with van der Waals surface area (Å²) < 4.78 is 11.2. The van der Waals surface area contributed by atoms with Gasteiger partial charge < -0.3 is 19.9 Å². The third-order valence-electron chi connectivity index (χ3n) is 3.22. The van der Waals surface area contributed by atoms with Crippen LogP contribution in [-0.4, -0.2) is 37.9 Å². The summed E-state index contributed by atoms with van der Waals surface area (Å²) in [5, 5.41) is 12.1. The van der Waals surface area contributed by atoms with Gasteiger partial charge in [0, 0.05) is 16.6 Å². The molecule has 0 spiro atoms. The minimum atomic E-state index is -0.779. The van der Waals surface area contributed by atoms with Crippen molar-refractivity contribution in [3.63, 3.8) is 0 Å². The third-order valence-corrected chi connectivity index (χ3v) is 3.72. The Balaban J connectivity index is 2.02. The number of aliphatic hydroxyl groups excluding tert-OH is 1. The van der Waals surface area contributed by atoms with E-state index in [-0.39, 0.29) is 25.7 Å². The highest BCUT2D eigenvalue weighted by Gasteiger charge is 2.45. The lowest BCUT2D eigenvalue weighted by molar-refractivity contribution is -0.170. The molecule has 0 saturated carbocycles. The second kappa shape index (κ2) is 5.90. The van der Waals surface area contributed by atoms with E-state index < -0.39 is 5.41 Å². The quantitative estimate of drug-likeness (QED) is 0.848. The zero-order valence-corrected chi connectivity index (χ0v) is 12.2. The van der Waals surface area contributed by atoms with E-state index in [0.29, 0.717) is 12.3 Å². The molecule has 5 nitrogen and oxygen atoms in total. The van der Waals surface area contributed by atoms with Crippen LogP contribution in [-0.2, 0) is 16.1 Å². The molecule has 1 saturated heterocycles. The number of halogens is 1. The number of amides is 1. The summed E-state index contributed by atoms with van der Waals surface area (Å²) in [4.78, 5) is 12.0. The molecular weight excluding hydrogens is 314 g/mol. The standard InChI is InChI=1S/C13H16BrNO4/c1-18-11-3-2-10(14)4-9(11)5-15-12(17)13(6-16)7-19-8-13/h2-4,16H,5-8H2,1H3,(H,15,17). The molecule has 0 aliphatic carbocycles. The van der Waals surface area contributed by atoms with E-state index in [1.165, 1.54) is 0 Å². The van der Waals surface area contributed by atoms with Crippen molar-refractivity contribution < 1.29 is 19.4 Å². The number of hydrogen-bond acceptors (Lipinski definition) is 4. The Bertz CT molecular complexity index is 468. The van der Waals surface area contributed by atoms with E-state index in [1.54, 1.807) is 7.11 Å². The van der Waals surface area contributed by atoms with Gasteiger partial charge in [0.25, 0.3) is 0 Å². The largest absolute Gasteiger partial charge is 0.496 e. The zero-order valence-electron chi connectivity index (χ0n) is 10.6. The number of benzene rings is 1. The van der Waals surface area contributed by atoms with Gasteiger partial charge in [0.2, 0.25) is 5.91 Å². The van der Waals surface area contributed by atoms with Crippen LogP contribution in [0.3, 0.4) is 0 Å². The van der Waals surface area contributed by atoms with Gasteiger partial charge in [-0.25, -0.2) is 0 Å². The van der Waals surface area contributed by atoms with Crippen molar-refractivity contribution in [2.45, 2.75) is 6.54 Å². The summed E-state index contributed by atoms with van der Waals surface area (Å²) in [5.74, 6) is 0.523. The smallest absolute Gasteiger partial charge is 0.233 e. The maximum atomic E-state index is 12.0. The van der Waals surface area contributed by atoms with Crippen molar-refractivity contribution in [1.82, 2.24) is 5.32 Å². The Kier molecular flexibility index (Phi) is 4.44. The van der Waals surface area contributed by atoms with Gasteiger partial charge in [0.05, 0.1) is 26.9 Å². The third kappa shape index (κ3) is 2.91. The summed E-state index contributed by atoms with van der Waals surface area (Å²) in [6.45, 7) is 0.688. The van der Waals surface area contributed by atoms with E-state index in [1.807, 2.05) is 18.2 Å². The van der Waals surface area contributed by atoms with E-state index >= 15 is 0 Å². The van der Waals surface area contributed by atoms with Crippen LogP contribution in [0.4, 0.5) is 0 Å². The van der Waals surface area contributed by atoms with Crippen molar-refractivity contribution in [1.29, 1.82) is 0 Å². The number of methoxy groups -OCH3 is 1. The molecule has 1 aromatic rings. The summed E-state index contributed by atoms with van der Waals surface area (Å²) in [6.07, 6.45) is 0. The van der Waals surface area contributed by atoms with Gasteiger partial charge >= 0.3 is 0 Å². The van der Waals surface area contributed by atoms with Gasteiger partial charge in [0.15, 0.2) is 0 Å². The van der Waals surface area contributed by atoms with Crippen LogP contribution in [0.1, 0.15) is 5.56 Å². The molecule has 19 heavy (non-hydrogen) atoms. The van der Waals surface area contributed by atoms with Gasteiger partial charge in [-0.2, -0.15) is 0 Å². The molecule has 104 valence electrons. The van der Waals surface area contributed by atoms with Crippen LogP contribution in [0.2, 0.25) is 0 Å². The maximum absolute atomic E-state index is 12.0. The minimum Gasteiger partial charge on any atom is -0.496 e. The molecule has 1 fully saturated rings. The fourth-order valence-corrected chi connectivity index (χ4v) is 2.30. The molecule has 1 aliphatic rings. The Morgan fingerprint density at radius 1 is 1.58 bits per heavy atom. The molecule has 0 atom stereocenters. The Morgan fingerprint density at radius 3 is 2.84 bits per heavy atom. The molecule has 0 aromatic heterocycles. The van der Waals surface area contributed by atoms with Gasteiger partial charge in [0.1, 0.15) is 11.2 Å². The predicted molar refractivity (Wildman–Crippen MR) is 72.9 cm³/mol. The number of aliphatic hydroxyl groups is 1. The minimum absolute atomic E-state index is 0.191. The predicted octanol–water partition coefficient (Wildman–Crippen LogP) is 1.08. The molecule has 1 amide bonds. The molecule has 2 N–H and O–H groups in total. The molecule has 1 aliphatic heterocycles.